The third-order valence-corrected chi connectivity index (χ3v) is 6.16. The van der Waals surface area contributed by atoms with Crippen molar-refractivity contribution in [1.82, 2.24) is 4.57 Å². The zero-order valence-corrected chi connectivity index (χ0v) is 16.7. The molecule has 1 aliphatic heterocycles. The molecule has 0 amide bonds. The van der Waals surface area contributed by atoms with E-state index in [1.54, 1.807) is 16.4 Å². The van der Waals surface area contributed by atoms with E-state index < -0.39 is 40.7 Å². The fourth-order valence-corrected chi connectivity index (χ4v) is 4.51. The highest BCUT2D eigenvalue weighted by Gasteiger charge is 2.42. The van der Waals surface area contributed by atoms with Gasteiger partial charge in [-0.2, -0.15) is 0 Å². The summed E-state index contributed by atoms with van der Waals surface area (Å²) < 4.78 is 43.9. The lowest BCUT2D eigenvalue weighted by atomic mass is 9.97. The number of carbonyl (C=O) groups is 1. The number of hydrogen-bond acceptors (Lipinski definition) is 4. The summed E-state index contributed by atoms with van der Waals surface area (Å²) in [4.78, 5) is 25.8. The van der Waals surface area contributed by atoms with E-state index in [9.17, 15) is 28.6 Å². The second-order valence-corrected chi connectivity index (χ2v) is 8.44. The van der Waals surface area contributed by atoms with Crippen LogP contribution in [-0.4, -0.2) is 45.9 Å². The Bertz CT molecular complexity index is 1090. The lowest BCUT2D eigenvalue weighted by Crippen LogP contribution is -2.38. The maximum Gasteiger partial charge on any atom is 0.341 e. The van der Waals surface area contributed by atoms with E-state index in [1.807, 2.05) is 0 Å². The van der Waals surface area contributed by atoms with Gasteiger partial charge in [-0.15, -0.1) is 0 Å². The molecule has 0 spiro atoms. The third-order valence-electron chi connectivity index (χ3n) is 6.16. The number of aromatic nitrogens is 1. The number of fused-ring (bicyclic) bond motifs is 1. The fourth-order valence-electron chi connectivity index (χ4n) is 4.51. The number of aliphatic hydroxyl groups is 1. The van der Waals surface area contributed by atoms with Crippen LogP contribution in [0.5, 0.6) is 0 Å². The maximum absolute atomic E-state index is 15.1. The molecule has 2 atom stereocenters. The molecule has 0 bridgehead atoms. The summed E-state index contributed by atoms with van der Waals surface area (Å²) in [7, 11) is 0. The van der Waals surface area contributed by atoms with Gasteiger partial charge in [-0.3, -0.25) is 4.79 Å². The summed E-state index contributed by atoms with van der Waals surface area (Å²) in [5.74, 6) is -6.03. The van der Waals surface area contributed by atoms with E-state index in [4.69, 9.17) is 0 Å². The van der Waals surface area contributed by atoms with E-state index in [0.29, 0.717) is 24.5 Å². The van der Waals surface area contributed by atoms with Crippen molar-refractivity contribution in [2.24, 2.45) is 5.92 Å². The van der Waals surface area contributed by atoms with Crippen LogP contribution in [0.1, 0.15) is 48.1 Å². The molecule has 9 heteroatoms. The van der Waals surface area contributed by atoms with Gasteiger partial charge in [-0.1, -0.05) is 0 Å². The van der Waals surface area contributed by atoms with Crippen LogP contribution in [-0.2, 0) is 0 Å². The number of halogens is 3. The first kappa shape index (κ1) is 20.7. The van der Waals surface area contributed by atoms with E-state index in [-0.39, 0.29) is 30.1 Å². The number of carboxylic acid groups (broad SMARTS) is 1. The Labute approximate surface area is 170 Å². The number of rotatable bonds is 5. The number of pyridine rings is 1. The summed E-state index contributed by atoms with van der Waals surface area (Å²) in [5.41, 5.74) is -0.0228. The highest BCUT2D eigenvalue weighted by molar-refractivity contribution is 5.95. The standard InChI is InChI=1S/C21H23F3N2O4/c1-10-16-13(18(27)14(20(29)30)9-26(16)12-3-4-12)7-15(22)17(10)25-6-5-11(8-25)19(28)21(2,23)24/h7,9,11-12,19,28H,3-6,8H2,1-2H3,(H,29,30). The number of aryl methyl sites for hydroxylation is 1. The molecule has 1 saturated carbocycles. The number of aliphatic hydroxyl groups excluding tert-OH is 1. The van der Waals surface area contributed by atoms with Crippen LogP contribution in [0.15, 0.2) is 17.1 Å². The molecule has 2 unspecified atom stereocenters. The molecule has 2 fully saturated rings. The van der Waals surface area contributed by atoms with Crippen molar-refractivity contribution in [3.63, 3.8) is 0 Å². The number of benzene rings is 1. The second-order valence-electron chi connectivity index (χ2n) is 8.44. The van der Waals surface area contributed by atoms with Gasteiger partial charge in [0.15, 0.2) is 0 Å². The first-order valence-corrected chi connectivity index (χ1v) is 9.92. The van der Waals surface area contributed by atoms with Gasteiger partial charge < -0.3 is 19.7 Å². The molecule has 162 valence electrons. The molecule has 1 aliphatic carbocycles. The van der Waals surface area contributed by atoms with Gasteiger partial charge in [-0.05, 0) is 37.8 Å². The number of anilines is 1. The van der Waals surface area contributed by atoms with Gasteiger partial charge in [0.25, 0.3) is 5.92 Å². The third kappa shape index (κ3) is 3.34. The molecule has 2 aromatic rings. The van der Waals surface area contributed by atoms with E-state index in [1.165, 1.54) is 6.20 Å². The maximum atomic E-state index is 15.1. The minimum atomic E-state index is -3.25. The summed E-state index contributed by atoms with van der Waals surface area (Å²) in [6.45, 7) is 2.67. The van der Waals surface area contributed by atoms with Crippen molar-refractivity contribution in [2.75, 3.05) is 18.0 Å². The largest absolute Gasteiger partial charge is 0.477 e. The van der Waals surface area contributed by atoms with Crippen LogP contribution in [0.3, 0.4) is 0 Å². The summed E-state index contributed by atoms with van der Waals surface area (Å²) >= 11 is 0. The minimum absolute atomic E-state index is 0.00331. The number of nitrogens with zero attached hydrogens (tertiary/aromatic N) is 2. The first-order valence-electron chi connectivity index (χ1n) is 9.92. The summed E-state index contributed by atoms with van der Waals surface area (Å²) in [6, 6.07) is 1.08. The Kier molecular flexibility index (Phi) is 4.84. The topological polar surface area (TPSA) is 82.8 Å². The monoisotopic (exact) mass is 424 g/mol. The van der Waals surface area contributed by atoms with Crippen LogP contribution in [0.4, 0.5) is 18.9 Å². The number of aromatic carboxylic acids is 1. The summed E-state index contributed by atoms with van der Waals surface area (Å²) in [6.07, 6.45) is 1.43. The molecular weight excluding hydrogens is 401 g/mol. The number of hydrogen-bond donors (Lipinski definition) is 2. The Balaban J connectivity index is 1.83. The molecule has 1 aromatic carbocycles. The van der Waals surface area contributed by atoms with E-state index in [2.05, 4.69) is 0 Å². The Morgan fingerprint density at radius 1 is 1.30 bits per heavy atom. The average Bonchev–Trinajstić information content (AvgIpc) is 3.38. The smallest absolute Gasteiger partial charge is 0.341 e. The molecule has 2 aliphatic rings. The molecule has 2 N–H and O–H groups in total. The van der Waals surface area contributed by atoms with Gasteiger partial charge in [0.2, 0.25) is 5.43 Å². The molecule has 0 radical (unpaired) electrons. The van der Waals surface area contributed by atoms with Gasteiger partial charge in [0.05, 0.1) is 11.2 Å². The quantitative estimate of drug-likeness (QED) is 0.770. The van der Waals surface area contributed by atoms with Crippen LogP contribution < -0.4 is 10.3 Å². The van der Waals surface area contributed by atoms with Gasteiger partial charge >= 0.3 is 5.97 Å². The van der Waals surface area contributed by atoms with Gasteiger partial charge in [-0.25, -0.2) is 18.0 Å². The molecular formula is C21H23F3N2O4. The number of carboxylic acids is 1. The lowest BCUT2D eigenvalue weighted by Gasteiger charge is -2.27. The molecule has 1 aromatic heterocycles. The van der Waals surface area contributed by atoms with Crippen molar-refractivity contribution in [1.29, 1.82) is 0 Å². The average molecular weight is 424 g/mol. The highest BCUT2D eigenvalue weighted by atomic mass is 19.3. The van der Waals surface area contributed by atoms with E-state index in [0.717, 1.165) is 18.9 Å². The van der Waals surface area contributed by atoms with Crippen molar-refractivity contribution >= 4 is 22.6 Å². The predicted molar refractivity (Wildman–Crippen MR) is 105 cm³/mol. The molecule has 6 nitrogen and oxygen atoms in total. The summed E-state index contributed by atoms with van der Waals surface area (Å²) in [5, 5.41) is 19.3. The zero-order chi connectivity index (χ0) is 22.0. The molecule has 2 heterocycles. The molecule has 30 heavy (non-hydrogen) atoms. The second kappa shape index (κ2) is 7.01. The Morgan fingerprint density at radius 2 is 1.97 bits per heavy atom. The Morgan fingerprint density at radius 3 is 2.53 bits per heavy atom. The van der Waals surface area contributed by atoms with Crippen molar-refractivity contribution in [3.05, 3.63) is 39.4 Å². The molecule has 4 rings (SSSR count). The zero-order valence-electron chi connectivity index (χ0n) is 16.7. The highest BCUT2D eigenvalue weighted by Crippen LogP contribution is 2.41. The van der Waals surface area contributed by atoms with E-state index >= 15 is 4.39 Å². The van der Waals surface area contributed by atoms with Gasteiger partial charge in [0.1, 0.15) is 17.5 Å². The van der Waals surface area contributed by atoms with Crippen LogP contribution in [0.2, 0.25) is 0 Å². The van der Waals surface area contributed by atoms with Crippen LogP contribution >= 0.6 is 0 Å². The lowest BCUT2D eigenvalue weighted by molar-refractivity contribution is -0.114. The van der Waals surface area contributed by atoms with Crippen LogP contribution in [0.25, 0.3) is 10.9 Å². The van der Waals surface area contributed by atoms with Gasteiger partial charge in [0, 0.05) is 43.6 Å². The van der Waals surface area contributed by atoms with Crippen molar-refractivity contribution in [2.45, 2.75) is 51.2 Å². The fraction of sp³-hybridized carbons (Fsp3) is 0.524. The van der Waals surface area contributed by atoms with Crippen molar-refractivity contribution < 1.29 is 28.2 Å². The first-order chi connectivity index (χ1) is 14.0. The Hall–Kier alpha value is -2.55. The predicted octanol–water partition coefficient (Wildman–Crippen LogP) is 3.32. The SMILES string of the molecule is Cc1c(N2CCC(C(O)C(C)(F)F)C2)c(F)cc2c(=O)c(C(=O)O)cn(C3CC3)c12. The normalized spacial score (nSPS) is 20.7. The molecule has 1 saturated heterocycles. The van der Waals surface area contributed by atoms with Crippen molar-refractivity contribution in [3.8, 4) is 0 Å². The number of alkyl halides is 2. The minimum Gasteiger partial charge on any atom is -0.477 e. The van der Waals surface area contributed by atoms with Crippen LogP contribution in [0, 0.1) is 18.7 Å².